The van der Waals surface area contributed by atoms with Gasteiger partial charge in [-0.1, -0.05) is 6.08 Å². The van der Waals surface area contributed by atoms with Gasteiger partial charge in [-0.05, 0) is 13.8 Å². The van der Waals surface area contributed by atoms with Gasteiger partial charge in [0.2, 0.25) is 0 Å². The third-order valence-corrected chi connectivity index (χ3v) is 2.31. The number of hydrogen-bond acceptors (Lipinski definition) is 4. The first kappa shape index (κ1) is 11.2. The molecule has 0 radical (unpaired) electrons. The van der Waals surface area contributed by atoms with Crippen LogP contribution in [0.5, 0.6) is 0 Å². The Balaban J connectivity index is 2.59. The second-order valence-electron chi connectivity index (χ2n) is 3.40. The molecule has 2 atom stereocenters. The van der Waals surface area contributed by atoms with Gasteiger partial charge in [-0.2, -0.15) is 0 Å². The number of esters is 1. The van der Waals surface area contributed by atoms with E-state index in [1.807, 2.05) is 13.0 Å². The van der Waals surface area contributed by atoms with Crippen LogP contribution in [0.25, 0.3) is 0 Å². The largest absolute Gasteiger partial charge is 0.466 e. The quantitative estimate of drug-likeness (QED) is 0.519. The van der Waals surface area contributed by atoms with Crippen LogP contribution in [0.3, 0.4) is 0 Å². The number of carbonyl (C=O) groups is 1. The molecule has 0 saturated carbocycles. The highest BCUT2D eigenvalue weighted by atomic mass is 16.5. The van der Waals surface area contributed by atoms with Gasteiger partial charge in [0.05, 0.1) is 25.9 Å². The summed E-state index contributed by atoms with van der Waals surface area (Å²) in [5.74, 6) is -0.287. The van der Waals surface area contributed by atoms with Gasteiger partial charge in [-0.15, -0.1) is 0 Å². The zero-order valence-corrected chi connectivity index (χ0v) is 8.87. The number of hydrogen-bond donors (Lipinski definition) is 1. The number of ether oxygens (including phenoxy) is 2. The number of nitrogens with one attached hydrogen (secondary N) is 1. The van der Waals surface area contributed by atoms with E-state index in [-0.39, 0.29) is 18.1 Å². The first-order valence-corrected chi connectivity index (χ1v) is 4.77. The van der Waals surface area contributed by atoms with Crippen molar-refractivity contribution in [2.45, 2.75) is 26.0 Å². The minimum absolute atomic E-state index is 0.0999. The Morgan fingerprint density at radius 3 is 2.93 bits per heavy atom. The van der Waals surface area contributed by atoms with E-state index >= 15 is 0 Å². The second kappa shape index (κ2) is 5.12. The van der Waals surface area contributed by atoms with Crippen LogP contribution in [-0.4, -0.2) is 38.4 Å². The Morgan fingerprint density at radius 1 is 1.64 bits per heavy atom. The lowest BCUT2D eigenvalue weighted by atomic mass is 10.1. The molecule has 0 unspecified atom stereocenters. The summed E-state index contributed by atoms with van der Waals surface area (Å²) in [4.78, 5) is 11.1. The van der Waals surface area contributed by atoms with Gasteiger partial charge in [0.15, 0.2) is 0 Å². The van der Waals surface area contributed by atoms with Crippen molar-refractivity contribution in [3.8, 4) is 0 Å². The van der Waals surface area contributed by atoms with Crippen molar-refractivity contribution in [3.05, 3.63) is 11.6 Å². The SMILES string of the molecule is COC(=O)C(C)=C[C@H]1NCCO[C@@H]1C. The number of rotatable bonds is 2. The van der Waals surface area contributed by atoms with E-state index in [0.717, 1.165) is 13.2 Å². The Labute approximate surface area is 84.3 Å². The third kappa shape index (κ3) is 2.82. The van der Waals surface area contributed by atoms with Gasteiger partial charge < -0.3 is 14.8 Å². The molecule has 1 aliphatic rings. The standard InChI is InChI=1S/C10H17NO3/c1-7(10(12)13-3)6-9-8(2)14-5-4-11-9/h6,8-9,11H,4-5H2,1-3H3/t8-,9-/m1/s1. The minimum atomic E-state index is -0.287. The Bertz CT molecular complexity index is 238. The first-order valence-electron chi connectivity index (χ1n) is 4.77. The van der Waals surface area contributed by atoms with E-state index in [0.29, 0.717) is 5.57 Å². The fourth-order valence-electron chi connectivity index (χ4n) is 1.43. The topological polar surface area (TPSA) is 47.6 Å². The summed E-state index contributed by atoms with van der Waals surface area (Å²) in [6.07, 6.45) is 1.96. The van der Waals surface area contributed by atoms with Crippen molar-refractivity contribution in [1.29, 1.82) is 0 Å². The molecular weight excluding hydrogens is 182 g/mol. The van der Waals surface area contributed by atoms with Crippen LogP contribution in [0, 0.1) is 0 Å². The van der Waals surface area contributed by atoms with Crippen molar-refractivity contribution >= 4 is 5.97 Å². The van der Waals surface area contributed by atoms with E-state index < -0.39 is 0 Å². The maximum atomic E-state index is 11.1. The molecule has 0 amide bonds. The van der Waals surface area contributed by atoms with Crippen molar-refractivity contribution < 1.29 is 14.3 Å². The van der Waals surface area contributed by atoms with Crippen LogP contribution in [0.2, 0.25) is 0 Å². The van der Waals surface area contributed by atoms with E-state index in [1.54, 1.807) is 6.92 Å². The highest BCUT2D eigenvalue weighted by Crippen LogP contribution is 2.08. The lowest BCUT2D eigenvalue weighted by molar-refractivity contribution is -0.136. The highest BCUT2D eigenvalue weighted by molar-refractivity contribution is 5.87. The predicted octanol–water partition coefficient (Wildman–Crippen LogP) is 0.483. The normalized spacial score (nSPS) is 28.6. The molecule has 0 aromatic rings. The number of carbonyl (C=O) groups excluding carboxylic acids is 1. The van der Waals surface area contributed by atoms with Crippen molar-refractivity contribution in [1.82, 2.24) is 5.32 Å². The van der Waals surface area contributed by atoms with Crippen molar-refractivity contribution in [2.24, 2.45) is 0 Å². The van der Waals surface area contributed by atoms with Crippen LogP contribution in [-0.2, 0) is 14.3 Å². The summed E-state index contributed by atoms with van der Waals surface area (Å²) < 4.78 is 10.1. The van der Waals surface area contributed by atoms with Crippen molar-refractivity contribution in [2.75, 3.05) is 20.3 Å². The molecule has 0 aromatic heterocycles. The fourth-order valence-corrected chi connectivity index (χ4v) is 1.43. The molecule has 1 heterocycles. The molecule has 1 saturated heterocycles. The average Bonchev–Trinajstić information content (AvgIpc) is 2.20. The molecule has 1 N–H and O–H groups in total. The highest BCUT2D eigenvalue weighted by Gasteiger charge is 2.20. The van der Waals surface area contributed by atoms with E-state index in [1.165, 1.54) is 7.11 Å². The second-order valence-corrected chi connectivity index (χ2v) is 3.40. The summed E-state index contributed by atoms with van der Waals surface area (Å²) in [5, 5.41) is 3.27. The number of morpholine rings is 1. The molecule has 0 bridgehead atoms. The Kier molecular flexibility index (Phi) is 4.10. The fraction of sp³-hybridized carbons (Fsp3) is 0.700. The summed E-state index contributed by atoms with van der Waals surface area (Å²) in [5.41, 5.74) is 0.613. The van der Waals surface area contributed by atoms with Gasteiger partial charge in [-0.3, -0.25) is 0 Å². The maximum Gasteiger partial charge on any atom is 0.333 e. The molecule has 1 rings (SSSR count). The van der Waals surface area contributed by atoms with E-state index in [2.05, 4.69) is 10.1 Å². The predicted molar refractivity (Wildman–Crippen MR) is 53.0 cm³/mol. The van der Waals surface area contributed by atoms with Gasteiger partial charge in [0.1, 0.15) is 0 Å². The van der Waals surface area contributed by atoms with Crippen LogP contribution in [0.15, 0.2) is 11.6 Å². The molecule has 0 aliphatic carbocycles. The lowest BCUT2D eigenvalue weighted by Crippen LogP contribution is -2.45. The summed E-state index contributed by atoms with van der Waals surface area (Å²) in [6, 6.07) is 0.0999. The third-order valence-electron chi connectivity index (χ3n) is 2.31. The molecular formula is C10H17NO3. The molecule has 1 aliphatic heterocycles. The summed E-state index contributed by atoms with van der Waals surface area (Å²) >= 11 is 0. The summed E-state index contributed by atoms with van der Waals surface area (Å²) in [7, 11) is 1.38. The molecule has 4 heteroatoms. The monoisotopic (exact) mass is 199 g/mol. The zero-order valence-electron chi connectivity index (χ0n) is 8.87. The summed E-state index contributed by atoms with van der Waals surface area (Å²) in [6.45, 7) is 5.27. The van der Waals surface area contributed by atoms with E-state index in [4.69, 9.17) is 4.74 Å². The van der Waals surface area contributed by atoms with Gasteiger partial charge in [0, 0.05) is 12.1 Å². The minimum Gasteiger partial charge on any atom is -0.466 e. The molecule has 4 nitrogen and oxygen atoms in total. The lowest BCUT2D eigenvalue weighted by Gasteiger charge is -2.28. The molecule has 80 valence electrons. The maximum absolute atomic E-state index is 11.1. The van der Waals surface area contributed by atoms with Gasteiger partial charge >= 0.3 is 5.97 Å². The zero-order chi connectivity index (χ0) is 10.6. The smallest absolute Gasteiger partial charge is 0.333 e. The van der Waals surface area contributed by atoms with Crippen LogP contribution >= 0.6 is 0 Å². The first-order chi connectivity index (χ1) is 6.65. The molecule has 0 aromatic carbocycles. The molecule has 1 fully saturated rings. The molecule has 0 spiro atoms. The van der Waals surface area contributed by atoms with Crippen LogP contribution < -0.4 is 5.32 Å². The van der Waals surface area contributed by atoms with Crippen molar-refractivity contribution in [3.63, 3.8) is 0 Å². The number of methoxy groups -OCH3 is 1. The van der Waals surface area contributed by atoms with Gasteiger partial charge in [-0.25, -0.2) is 4.79 Å². The van der Waals surface area contributed by atoms with Crippen LogP contribution in [0.4, 0.5) is 0 Å². The molecule has 14 heavy (non-hydrogen) atoms. The van der Waals surface area contributed by atoms with Crippen LogP contribution in [0.1, 0.15) is 13.8 Å². The van der Waals surface area contributed by atoms with E-state index in [9.17, 15) is 4.79 Å². The Morgan fingerprint density at radius 2 is 2.36 bits per heavy atom. The average molecular weight is 199 g/mol. The van der Waals surface area contributed by atoms with Gasteiger partial charge in [0.25, 0.3) is 0 Å². The Hall–Kier alpha value is -0.870.